The lowest BCUT2D eigenvalue weighted by Gasteiger charge is -2.28. The molecule has 1 fully saturated rings. The Labute approximate surface area is 180 Å². The maximum Gasteiger partial charge on any atom is 0.410 e. The Morgan fingerprint density at radius 1 is 1.31 bits per heavy atom. The van der Waals surface area contributed by atoms with Gasteiger partial charge in [-0.2, -0.15) is 4.31 Å². The molecule has 1 unspecified atom stereocenters. The van der Waals surface area contributed by atoms with Gasteiger partial charge in [0.2, 0.25) is 10.0 Å². The highest BCUT2D eigenvalue weighted by atomic mass is 35.5. The van der Waals surface area contributed by atoms with Crippen molar-refractivity contribution in [3.05, 3.63) is 34.6 Å². The molecule has 1 amide bonds. The number of pyridine rings is 1. The lowest BCUT2D eigenvalue weighted by atomic mass is 10.2. The van der Waals surface area contributed by atoms with E-state index in [-0.39, 0.29) is 34.2 Å². The molecule has 0 saturated carbocycles. The summed E-state index contributed by atoms with van der Waals surface area (Å²) in [5.41, 5.74) is -0.622. The van der Waals surface area contributed by atoms with Gasteiger partial charge in [0.25, 0.3) is 0 Å². The van der Waals surface area contributed by atoms with Crippen LogP contribution in [0.3, 0.4) is 0 Å². The Morgan fingerprint density at radius 2 is 2.00 bits per heavy atom. The van der Waals surface area contributed by atoms with Gasteiger partial charge >= 0.3 is 6.09 Å². The first-order valence-corrected chi connectivity index (χ1v) is 11.3. The Bertz CT molecular complexity index is 1050. The van der Waals surface area contributed by atoms with Crippen LogP contribution in [-0.2, 0) is 14.8 Å². The third-order valence-electron chi connectivity index (χ3n) is 4.75. The Morgan fingerprint density at radius 3 is 2.66 bits per heavy atom. The van der Waals surface area contributed by atoms with Crippen molar-refractivity contribution in [3.8, 4) is 0 Å². The number of carbonyl (C=O) groups is 1. The minimum absolute atomic E-state index is 0.0740. The molecule has 10 heteroatoms. The molecule has 2 aromatic rings. The minimum Gasteiger partial charge on any atom is -0.444 e. The van der Waals surface area contributed by atoms with Crippen LogP contribution in [0.1, 0.15) is 27.2 Å². The van der Waals surface area contributed by atoms with Crippen LogP contribution in [0.2, 0.25) is 10.2 Å². The molecule has 1 aromatic carbocycles. The first kappa shape index (κ1) is 22.1. The van der Waals surface area contributed by atoms with Crippen LogP contribution in [0.25, 0.3) is 10.8 Å². The second-order valence-electron chi connectivity index (χ2n) is 7.97. The number of aromatic nitrogens is 1. The number of hydrogen-bond donors (Lipinski definition) is 0. The molecule has 1 aromatic heterocycles. The van der Waals surface area contributed by atoms with Crippen LogP contribution in [0, 0.1) is 0 Å². The summed E-state index contributed by atoms with van der Waals surface area (Å²) in [5, 5.41) is 1.22. The number of sulfonamides is 1. The zero-order valence-electron chi connectivity index (χ0n) is 16.6. The van der Waals surface area contributed by atoms with Gasteiger partial charge in [-0.3, -0.25) is 0 Å². The predicted octanol–water partition coefficient (Wildman–Crippen LogP) is 4.17. The molecule has 1 atom stereocenters. The summed E-state index contributed by atoms with van der Waals surface area (Å²) in [6, 6.07) is 4.51. The average Bonchev–Trinajstić information content (AvgIpc) is 3.13. The van der Waals surface area contributed by atoms with Crippen LogP contribution in [0.5, 0.6) is 0 Å². The average molecular weight is 460 g/mol. The normalized spacial score (nSPS) is 18.2. The number of benzene rings is 1. The number of nitrogens with zero attached hydrogens (tertiary/aromatic N) is 3. The zero-order chi connectivity index (χ0) is 21.6. The monoisotopic (exact) mass is 459 g/mol. The van der Waals surface area contributed by atoms with Crippen molar-refractivity contribution in [3.63, 3.8) is 0 Å². The second-order valence-corrected chi connectivity index (χ2v) is 10.6. The van der Waals surface area contributed by atoms with Crippen LogP contribution >= 0.6 is 23.2 Å². The minimum atomic E-state index is -3.85. The molecule has 29 heavy (non-hydrogen) atoms. The Hall–Kier alpha value is -1.61. The number of amides is 1. The van der Waals surface area contributed by atoms with E-state index in [9.17, 15) is 13.2 Å². The Balaban J connectivity index is 1.88. The zero-order valence-corrected chi connectivity index (χ0v) is 19.0. The van der Waals surface area contributed by atoms with E-state index in [2.05, 4.69) is 4.98 Å². The molecule has 1 aliphatic rings. The van der Waals surface area contributed by atoms with Crippen molar-refractivity contribution in [2.75, 3.05) is 20.1 Å². The summed E-state index contributed by atoms with van der Waals surface area (Å²) in [6.07, 6.45) is 1.37. The van der Waals surface area contributed by atoms with Gasteiger partial charge in [0.05, 0.1) is 9.92 Å². The number of fused-ring (bicyclic) bond motifs is 1. The van der Waals surface area contributed by atoms with E-state index < -0.39 is 21.7 Å². The van der Waals surface area contributed by atoms with Crippen molar-refractivity contribution in [1.82, 2.24) is 14.2 Å². The highest BCUT2D eigenvalue weighted by Gasteiger charge is 2.37. The highest BCUT2D eigenvalue weighted by Crippen LogP contribution is 2.35. The van der Waals surface area contributed by atoms with Crippen LogP contribution in [0.4, 0.5) is 4.79 Å². The highest BCUT2D eigenvalue weighted by molar-refractivity contribution is 7.89. The third kappa shape index (κ3) is 4.45. The van der Waals surface area contributed by atoms with E-state index >= 15 is 0 Å². The van der Waals surface area contributed by atoms with Crippen molar-refractivity contribution >= 4 is 50.1 Å². The van der Waals surface area contributed by atoms with Gasteiger partial charge < -0.3 is 9.64 Å². The van der Waals surface area contributed by atoms with Gasteiger partial charge in [-0.15, -0.1) is 0 Å². The number of ether oxygens (including phenoxy) is 1. The van der Waals surface area contributed by atoms with E-state index in [0.29, 0.717) is 17.2 Å². The summed E-state index contributed by atoms with van der Waals surface area (Å²) < 4.78 is 33.4. The van der Waals surface area contributed by atoms with Crippen LogP contribution < -0.4 is 0 Å². The van der Waals surface area contributed by atoms with Gasteiger partial charge in [-0.25, -0.2) is 18.2 Å². The molecule has 2 heterocycles. The lowest BCUT2D eigenvalue weighted by molar-refractivity contribution is 0.0232. The predicted molar refractivity (Wildman–Crippen MR) is 113 cm³/mol. The number of rotatable bonds is 3. The van der Waals surface area contributed by atoms with Crippen molar-refractivity contribution in [2.45, 2.75) is 43.7 Å². The van der Waals surface area contributed by atoms with E-state index in [4.69, 9.17) is 27.9 Å². The number of carbonyl (C=O) groups excluding carboxylic acids is 1. The van der Waals surface area contributed by atoms with Crippen LogP contribution in [0.15, 0.2) is 29.3 Å². The fourth-order valence-electron chi connectivity index (χ4n) is 3.28. The first-order valence-electron chi connectivity index (χ1n) is 9.10. The number of likely N-dealkylation sites (N-methyl/N-ethyl adjacent to an activating group) is 1. The fourth-order valence-corrected chi connectivity index (χ4v) is 5.51. The van der Waals surface area contributed by atoms with Gasteiger partial charge in [0.15, 0.2) is 0 Å². The molecule has 3 rings (SSSR count). The molecular formula is C19H23Cl2N3O4S. The van der Waals surface area contributed by atoms with E-state index in [1.165, 1.54) is 21.5 Å². The molecular weight excluding hydrogens is 437 g/mol. The molecule has 7 nitrogen and oxygen atoms in total. The molecule has 0 spiro atoms. The van der Waals surface area contributed by atoms with E-state index in [1.807, 2.05) is 0 Å². The number of hydrogen-bond acceptors (Lipinski definition) is 5. The SMILES string of the molecule is CN(C(=O)OC(C)(C)C)C1CCN(S(=O)(=O)c2cccc3c(Cl)ncc(Cl)c23)C1. The summed E-state index contributed by atoms with van der Waals surface area (Å²) in [7, 11) is -2.23. The smallest absolute Gasteiger partial charge is 0.410 e. The molecule has 1 aliphatic heterocycles. The largest absolute Gasteiger partial charge is 0.444 e. The van der Waals surface area contributed by atoms with E-state index in [0.717, 1.165) is 0 Å². The topological polar surface area (TPSA) is 79.8 Å². The summed E-state index contributed by atoms with van der Waals surface area (Å²) in [6.45, 7) is 5.81. The Kier molecular flexibility index (Phi) is 6.02. The van der Waals surface area contributed by atoms with Gasteiger partial charge in [-0.1, -0.05) is 35.3 Å². The molecule has 0 radical (unpaired) electrons. The van der Waals surface area contributed by atoms with Gasteiger partial charge in [-0.05, 0) is 33.3 Å². The standard InChI is InChI=1S/C19H23Cl2N3O4S/c1-19(2,3)28-18(25)23(4)12-8-9-24(11-12)29(26,27)15-7-5-6-13-16(15)14(20)10-22-17(13)21/h5-7,10,12H,8-9,11H2,1-4H3. The second kappa shape index (κ2) is 7.91. The van der Waals surface area contributed by atoms with Crippen molar-refractivity contribution in [2.24, 2.45) is 0 Å². The maximum absolute atomic E-state index is 13.3. The van der Waals surface area contributed by atoms with E-state index in [1.54, 1.807) is 40.0 Å². The molecule has 0 aliphatic carbocycles. The maximum atomic E-state index is 13.3. The fraction of sp³-hybridized carbons (Fsp3) is 0.474. The third-order valence-corrected chi connectivity index (χ3v) is 7.25. The van der Waals surface area contributed by atoms with Crippen molar-refractivity contribution in [1.29, 1.82) is 0 Å². The summed E-state index contributed by atoms with van der Waals surface area (Å²) in [5.74, 6) is 0. The summed E-state index contributed by atoms with van der Waals surface area (Å²) >= 11 is 12.4. The summed E-state index contributed by atoms with van der Waals surface area (Å²) in [4.78, 5) is 17.8. The first-order chi connectivity index (χ1) is 13.4. The molecule has 0 bridgehead atoms. The number of halogens is 2. The molecule has 0 N–H and O–H groups in total. The van der Waals surface area contributed by atoms with Gasteiger partial charge in [0.1, 0.15) is 10.8 Å². The van der Waals surface area contributed by atoms with Crippen molar-refractivity contribution < 1.29 is 17.9 Å². The van der Waals surface area contributed by atoms with Crippen LogP contribution in [-0.4, -0.2) is 60.5 Å². The molecule has 1 saturated heterocycles. The lowest BCUT2D eigenvalue weighted by Crippen LogP contribution is -2.42. The molecule has 158 valence electrons. The quantitative estimate of drug-likeness (QED) is 0.643. The van der Waals surface area contributed by atoms with Gasteiger partial charge in [0, 0.05) is 43.1 Å².